The molecule has 0 atom stereocenters. The summed E-state index contributed by atoms with van der Waals surface area (Å²) >= 11 is 1.44. The first-order valence-corrected chi connectivity index (χ1v) is 11.9. The van der Waals surface area contributed by atoms with E-state index in [0.29, 0.717) is 16.3 Å². The van der Waals surface area contributed by atoms with E-state index in [1.165, 1.54) is 11.3 Å². The predicted octanol–water partition coefficient (Wildman–Crippen LogP) is 5.88. The normalized spacial score (nSPS) is 12.3. The summed E-state index contributed by atoms with van der Waals surface area (Å²) in [6.45, 7) is 7.72. The topological polar surface area (TPSA) is 113 Å². The number of rotatable bonds is 7. The number of fused-ring (bicyclic) bond motifs is 2. The second kappa shape index (κ2) is 9.19. The molecule has 174 valence electrons. The Morgan fingerprint density at radius 3 is 2.86 bits per heavy atom. The van der Waals surface area contributed by atoms with Gasteiger partial charge in [0, 0.05) is 47.2 Å². The zero-order valence-corrected chi connectivity index (χ0v) is 20.4. The summed E-state index contributed by atoms with van der Waals surface area (Å²) in [5.41, 5.74) is 6.60. The summed E-state index contributed by atoms with van der Waals surface area (Å²) in [6, 6.07) is 5.80. The van der Waals surface area contributed by atoms with Crippen LogP contribution < -0.4 is 0 Å². The first kappa shape index (κ1) is 22.5. The number of hydrogen-bond donors (Lipinski definition) is 2. The number of ketones is 1. The number of nitrogens with one attached hydrogen (secondary N) is 2. The van der Waals surface area contributed by atoms with Crippen molar-refractivity contribution in [2.24, 2.45) is 4.99 Å². The van der Waals surface area contributed by atoms with Gasteiger partial charge in [0.15, 0.2) is 17.3 Å². The van der Waals surface area contributed by atoms with Crippen LogP contribution in [0.5, 0.6) is 0 Å². The molecule has 9 heteroatoms. The number of hydrogen-bond acceptors (Lipinski definition) is 7. The van der Waals surface area contributed by atoms with E-state index in [1.807, 2.05) is 24.3 Å². The summed E-state index contributed by atoms with van der Waals surface area (Å²) in [7, 11) is 1.74. The van der Waals surface area contributed by atoms with Gasteiger partial charge in [-0.2, -0.15) is 5.10 Å². The second-order valence-electron chi connectivity index (χ2n) is 8.08. The molecule has 0 spiro atoms. The van der Waals surface area contributed by atoms with Crippen LogP contribution in [0.1, 0.15) is 35.5 Å². The molecule has 5 heterocycles. The zero-order chi connectivity index (χ0) is 24.5. The third kappa shape index (κ3) is 4.22. The number of aromatic nitrogens is 6. The van der Waals surface area contributed by atoms with Crippen LogP contribution in [0.4, 0.5) is 0 Å². The first-order valence-electron chi connectivity index (χ1n) is 11.1. The molecule has 0 radical (unpaired) electrons. The summed E-state index contributed by atoms with van der Waals surface area (Å²) in [5.74, 6) is 0.673. The molecule has 0 saturated carbocycles. The van der Waals surface area contributed by atoms with Crippen LogP contribution in [0.3, 0.4) is 0 Å². The maximum absolute atomic E-state index is 11.8. The van der Waals surface area contributed by atoms with Gasteiger partial charge in [-0.25, -0.2) is 9.97 Å². The average Bonchev–Trinajstić information content (AvgIpc) is 3.60. The molecule has 5 aromatic heterocycles. The molecule has 35 heavy (non-hydrogen) atoms. The fraction of sp³-hybridized carbons (Fsp3) is 0.154. The number of H-pyrrole nitrogens is 2. The largest absolute Gasteiger partial charge is 0.335 e. The summed E-state index contributed by atoms with van der Waals surface area (Å²) in [6.07, 6.45) is 9.97. The van der Waals surface area contributed by atoms with E-state index in [-0.39, 0.29) is 5.78 Å². The van der Waals surface area contributed by atoms with Gasteiger partial charge in [-0.3, -0.25) is 19.9 Å². The Morgan fingerprint density at radius 2 is 2.11 bits per heavy atom. The van der Waals surface area contributed by atoms with E-state index in [1.54, 1.807) is 38.8 Å². The number of thiophene rings is 1. The number of allylic oxidation sites excluding steroid dienone is 3. The van der Waals surface area contributed by atoms with Crippen molar-refractivity contribution in [3.63, 3.8) is 0 Å². The molecule has 5 rings (SSSR count). The minimum absolute atomic E-state index is 0.0420. The summed E-state index contributed by atoms with van der Waals surface area (Å²) < 4.78 is 0. The van der Waals surface area contributed by atoms with Crippen LogP contribution in [-0.2, 0) is 0 Å². The molecule has 0 saturated heterocycles. The first-order chi connectivity index (χ1) is 17.0. The van der Waals surface area contributed by atoms with E-state index in [4.69, 9.17) is 4.98 Å². The fourth-order valence-electron chi connectivity index (χ4n) is 3.80. The molecule has 0 amide bonds. The van der Waals surface area contributed by atoms with Crippen LogP contribution in [0.25, 0.3) is 49.6 Å². The number of aliphatic imine (C=N–C) groups is 1. The maximum Gasteiger partial charge on any atom is 0.181 e. The lowest BCUT2D eigenvalue weighted by Gasteiger charge is -2.04. The van der Waals surface area contributed by atoms with Crippen LogP contribution in [0, 0.1) is 0 Å². The Kier molecular flexibility index (Phi) is 5.92. The van der Waals surface area contributed by atoms with E-state index in [9.17, 15) is 4.79 Å². The monoisotopic (exact) mass is 481 g/mol. The van der Waals surface area contributed by atoms with Crippen LogP contribution in [-0.4, -0.2) is 49.2 Å². The van der Waals surface area contributed by atoms with Crippen molar-refractivity contribution in [2.75, 3.05) is 7.05 Å². The lowest BCUT2D eigenvalue weighted by atomic mass is 10.0. The van der Waals surface area contributed by atoms with Gasteiger partial charge < -0.3 is 4.98 Å². The molecular formula is C26H23N7OS. The highest BCUT2D eigenvalue weighted by Gasteiger charge is 2.17. The third-order valence-electron chi connectivity index (χ3n) is 5.67. The van der Waals surface area contributed by atoms with Gasteiger partial charge >= 0.3 is 0 Å². The predicted molar refractivity (Wildman–Crippen MR) is 142 cm³/mol. The Balaban J connectivity index is 1.62. The highest BCUT2D eigenvalue weighted by atomic mass is 32.1. The van der Waals surface area contributed by atoms with Gasteiger partial charge in [-0.05, 0) is 31.5 Å². The summed E-state index contributed by atoms with van der Waals surface area (Å²) in [5, 5.41) is 8.29. The Hall–Kier alpha value is -4.24. The number of pyridine rings is 2. The van der Waals surface area contributed by atoms with E-state index >= 15 is 0 Å². The smallest absolute Gasteiger partial charge is 0.181 e. The standard InChI is InChI=1S/C26H23N7OS/c1-5-14(2)8-16(10-27-4)17-9-18-24(32-33-25(18)29-11-17)26-30-20-13-28-12-19(23(20)31-26)22-7-6-21(35-22)15(3)34/h6-13H,2,5H2,1,3-4H3,(H,30,31)(H,29,32,33). The highest BCUT2D eigenvalue weighted by Crippen LogP contribution is 2.34. The van der Waals surface area contributed by atoms with Crippen molar-refractivity contribution in [3.05, 3.63) is 65.5 Å². The average molecular weight is 482 g/mol. The minimum Gasteiger partial charge on any atom is -0.335 e. The maximum atomic E-state index is 11.8. The lowest BCUT2D eigenvalue weighted by molar-refractivity contribution is 0.102. The number of carbonyl (C=O) groups is 1. The van der Waals surface area contributed by atoms with Gasteiger partial charge in [0.2, 0.25) is 0 Å². The lowest BCUT2D eigenvalue weighted by Crippen LogP contribution is -1.90. The van der Waals surface area contributed by atoms with Crippen molar-refractivity contribution in [3.8, 4) is 22.0 Å². The van der Waals surface area contributed by atoms with Crippen molar-refractivity contribution < 1.29 is 4.79 Å². The van der Waals surface area contributed by atoms with E-state index < -0.39 is 0 Å². The highest BCUT2D eigenvalue weighted by molar-refractivity contribution is 7.17. The zero-order valence-electron chi connectivity index (χ0n) is 19.6. The fourth-order valence-corrected chi connectivity index (χ4v) is 4.71. The van der Waals surface area contributed by atoms with Gasteiger partial charge in [-0.15, -0.1) is 11.3 Å². The van der Waals surface area contributed by atoms with Crippen LogP contribution >= 0.6 is 11.3 Å². The number of Topliss-reactive ketones (excluding diaryl/α,β-unsaturated/α-hetero) is 1. The second-order valence-corrected chi connectivity index (χ2v) is 9.17. The number of carbonyl (C=O) groups excluding carboxylic acids is 1. The SMILES string of the molecule is C=C(C=C(C=NC)c1cnc2n[nH]c(-c3nc4c(-c5ccc(C(C)=O)s5)cncc4[nH]3)c2c1)CC. The quantitative estimate of drug-likeness (QED) is 0.171. The number of imidazole rings is 1. The van der Waals surface area contributed by atoms with Gasteiger partial charge in [0.1, 0.15) is 11.2 Å². The molecule has 0 aliphatic carbocycles. The Bertz CT molecular complexity index is 1650. The molecule has 0 fully saturated rings. The summed E-state index contributed by atoms with van der Waals surface area (Å²) in [4.78, 5) is 34.8. The Labute approximate surface area is 205 Å². The molecule has 0 bridgehead atoms. The van der Waals surface area contributed by atoms with Gasteiger partial charge in [-0.1, -0.05) is 25.2 Å². The molecular weight excluding hydrogens is 458 g/mol. The molecule has 0 unspecified atom stereocenters. The molecule has 2 N–H and O–H groups in total. The van der Waals surface area contributed by atoms with Gasteiger partial charge in [0.25, 0.3) is 0 Å². The van der Waals surface area contributed by atoms with Crippen molar-refractivity contribution in [2.45, 2.75) is 20.3 Å². The van der Waals surface area contributed by atoms with Crippen molar-refractivity contribution in [1.29, 1.82) is 0 Å². The Morgan fingerprint density at radius 1 is 1.26 bits per heavy atom. The van der Waals surface area contributed by atoms with Crippen LogP contribution in [0.2, 0.25) is 0 Å². The van der Waals surface area contributed by atoms with E-state index in [2.05, 4.69) is 43.6 Å². The number of aromatic amines is 2. The molecule has 8 nitrogen and oxygen atoms in total. The van der Waals surface area contributed by atoms with Crippen molar-refractivity contribution in [1.82, 2.24) is 30.1 Å². The molecule has 5 aromatic rings. The van der Waals surface area contributed by atoms with Crippen LogP contribution in [0.15, 0.2) is 60.0 Å². The minimum atomic E-state index is 0.0420. The van der Waals surface area contributed by atoms with Crippen molar-refractivity contribution >= 4 is 51.0 Å². The third-order valence-corrected chi connectivity index (χ3v) is 6.89. The molecule has 0 aliphatic heterocycles. The number of nitrogens with zero attached hydrogens (tertiary/aromatic N) is 5. The van der Waals surface area contributed by atoms with E-state index in [0.717, 1.165) is 55.7 Å². The van der Waals surface area contributed by atoms with Gasteiger partial charge in [0.05, 0.1) is 22.0 Å². The molecule has 0 aliphatic rings. The molecule has 0 aromatic carbocycles.